The molecule has 0 amide bonds. The standard InChI is InChI=1S/C48H30N2O/c1-2-12-34(13-3-1)49-43-19-9-5-15-36(43)38-25-22-31(29-45(38)49)32-23-26-39-37-16-6-10-20-44(37)50(46(39)30-32)42-18-8-4-14-35(42)33-24-27-48-41(28-33)40-17-7-11-21-47(40)51-48/h1-30H. The van der Waals surface area contributed by atoms with Crippen LogP contribution in [-0.2, 0) is 0 Å². The fourth-order valence-corrected chi connectivity index (χ4v) is 8.22. The Kier molecular flexibility index (Phi) is 5.96. The lowest BCUT2D eigenvalue weighted by Crippen LogP contribution is -1.97. The molecule has 0 unspecified atom stereocenters. The van der Waals surface area contributed by atoms with Gasteiger partial charge in [-0.25, -0.2) is 0 Å². The summed E-state index contributed by atoms with van der Waals surface area (Å²) in [5.74, 6) is 0. The molecule has 0 aliphatic rings. The fourth-order valence-electron chi connectivity index (χ4n) is 8.22. The average Bonchev–Trinajstić information content (AvgIpc) is 3.85. The highest BCUT2D eigenvalue weighted by molar-refractivity contribution is 6.13. The van der Waals surface area contributed by atoms with Gasteiger partial charge in [-0.3, -0.25) is 0 Å². The molecule has 3 heterocycles. The van der Waals surface area contributed by atoms with Crippen LogP contribution in [0.25, 0.3) is 99.2 Å². The fraction of sp³-hybridized carbons (Fsp3) is 0. The van der Waals surface area contributed by atoms with Crippen LogP contribution in [0.1, 0.15) is 0 Å². The second kappa shape index (κ2) is 10.8. The van der Waals surface area contributed by atoms with E-state index in [1.165, 1.54) is 60.3 Å². The number of para-hydroxylation sites is 5. The quantitative estimate of drug-likeness (QED) is 0.186. The largest absolute Gasteiger partial charge is 0.456 e. The van der Waals surface area contributed by atoms with Gasteiger partial charge in [0.1, 0.15) is 11.2 Å². The van der Waals surface area contributed by atoms with Crippen molar-refractivity contribution in [2.24, 2.45) is 0 Å². The van der Waals surface area contributed by atoms with E-state index in [-0.39, 0.29) is 0 Å². The summed E-state index contributed by atoms with van der Waals surface area (Å²) in [5.41, 5.74) is 13.6. The van der Waals surface area contributed by atoms with E-state index >= 15 is 0 Å². The molecule has 3 aromatic heterocycles. The van der Waals surface area contributed by atoms with Gasteiger partial charge in [0, 0.05) is 43.6 Å². The molecule has 0 fully saturated rings. The van der Waals surface area contributed by atoms with E-state index in [0.29, 0.717) is 0 Å². The van der Waals surface area contributed by atoms with Crippen molar-refractivity contribution in [2.75, 3.05) is 0 Å². The molecule has 8 aromatic carbocycles. The van der Waals surface area contributed by atoms with Crippen LogP contribution in [0.4, 0.5) is 0 Å². The third-order valence-corrected chi connectivity index (χ3v) is 10.5. The zero-order chi connectivity index (χ0) is 33.5. The second-order valence-electron chi connectivity index (χ2n) is 13.3. The first-order chi connectivity index (χ1) is 25.3. The Hall–Kier alpha value is -6.84. The smallest absolute Gasteiger partial charge is 0.135 e. The number of aromatic nitrogens is 2. The van der Waals surface area contributed by atoms with Crippen LogP contribution < -0.4 is 0 Å². The van der Waals surface area contributed by atoms with Crippen LogP contribution in [-0.4, -0.2) is 9.13 Å². The molecule has 0 aliphatic carbocycles. The van der Waals surface area contributed by atoms with Gasteiger partial charge < -0.3 is 13.6 Å². The normalized spacial score (nSPS) is 11.9. The van der Waals surface area contributed by atoms with Gasteiger partial charge in [-0.05, 0) is 77.4 Å². The van der Waals surface area contributed by atoms with Crippen LogP contribution in [0.5, 0.6) is 0 Å². The van der Waals surface area contributed by atoms with E-state index in [0.717, 1.165) is 38.9 Å². The predicted octanol–water partition coefficient (Wildman–Crippen LogP) is 13.1. The lowest BCUT2D eigenvalue weighted by atomic mass is 10.00. The first-order valence-electron chi connectivity index (χ1n) is 17.4. The van der Waals surface area contributed by atoms with Crippen molar-refractivity contribution in [3.63, 3.8) is 0 Å². The lowest BCUT2D eigenvalue weighted by molar-refractivity contribution is 0.669. The summed E-state index contributed by atoms with van der Waals surface area (Å²) in [6.07, 6.45) is 0. The van der Waals surface area contributed by atoms with Crippen molar-refractivity contribution in [1.29, 1.82) is 0 Å². The average molecular weight is 651 g/mol. The summed E-state index contributed by atoms with van der Waals surface area (Å²) in [6.45, 7) is 0. The lowest BCUT2D eigenvalue weighted by Gasteiger charge is -2.15. The van der Waals surface area contributed by atoms with Crippen molar-refractivity contribution < 1.29 is 4.42 Å². The van der Waals surface area contributed by atoms with E-state index in [1.807, 2.05) is 12.1 Å². The summed E-state index contributed by atoms with van der Waals surface area (Å²) >= 11 is 0. The zero-order valence-corrected chi connectivity index (χ0v) is 27.6. The van der Waals surface area contributed by atoms with Crippen LogP contribution in [0.3, 0.4) is 0 Å². The number of hydrogen-bond donors (Lipinski definition) is 0. The third kappa shape index (κ3) is 4.19. The third-order valence-electron chi connectivity index (χ3n) is 10.5. The van der Waals surface area contributed by atoms with Crippen molar-refractivity contribution in [3.8, 4) is 33.6 Å². The van der Waals surface area contributed by atoms with E-state index in [9.17, 15) is 0 Å². The molecule has 0 N–H and O–H groups in total. The number of nitrogens with zero attached hydrogens (tertiary/aromatic N) is 2. The highest BCUT2D eigenvalue weighted by atomic mass is 16.3. The van der Waals surface area contributed by atoms with E-state index in [2.05, 4.69) is 179 Å². The Morgan fingerprint density at radius 2 is 0.843 bits per heavy atom. The molecule has 0 saturated carbocycles. The van der Waals surface area contributed by atoms with E-state index in [1.54, 1.807) is 0 Å². The number of benzene rings is 8. The van der Waals surface area contributed by atoms with Crippen molar-refractivity contribution in [2.45, 2.75) is 0 Å². The van der Waals surface area contributed by atoms with Crippen LogP contribution in [0.15, 0.2) is 186 Å². The molecule has 238 valence electrons. The van der Waals surface area contributed by atoms with Crippen LogP contribution >= 0.6 is 0 Å². The summed E-state index contributed by atoms with van der Waals surface area (Å²) in [7, 11) is 0. The molecule has 3 heteroatoms. The molecule has 11 aromatic rings. The highest BCUT2D eigenvalue weighted by Crippen LogP contribution is 2.41. The molecule has 3 nitrogen and oxygen atoms in total. The van der Waals surface area contributed by atoms with Gasteiger partial charge in [0.05, 0.1) is 27.8 Å². The maximum Gasteiger partial charge on any atom is 0.135 e. The topological polar surface area (TPSA) is 23.0 Å². The molecule has 0 radical (unpaired) electrons. The SMILES string of the molecule is c1ccc(-n2c3ccccc3c3ccc(-c4ccc5c6ccccc6n(-c6ccccc6-c6ccc7oc8ccccc8c7c6)c5c4)cc32)cc1. The van der Waals surface area contributed by atoms with Gasteiger partial charge in [0.2, 0.25) is 0 Å². The Morgan fingerprint density at radius 3 is 1.59 bits per heavy atom. The summed E-state index contributed by atoms with van der Waals surface area (Å²) in [5, 5.41) is 7.26. The Labute approximate surface area is 293 Å². The minimum atomic E-state index is 0.905. The molecule has 0 saturated heterocycles. The first kappa shape index (κ1) is 28.0. The van der Waals surface area contributed by atoms with Crippen molar-refractivity contribution in [1.82, 2.24) is 9.13 Å². The van der Waals surface area contributed by atoms with Crippen LogP contribution in [0.2, 0.25) is 0 Å². The maximum absolute atomic E-state index is 6.19. The zero-order valence-electron chi connectivity index (χ0n) is 27.6. The summed E-state index contributed by atoms with van der Waals surface area (Å²) in [6, 6.07) is 65.6. The van der Waals surface area contributed by atoms with Gasteiger partial charge in [0.15, 0.2) is 0 Å². The van der Waals surface area contributed by atoms with Crippen molar-refractivity contribution in [3.05, 3.63) is 182 Å². The molecule has 51 heavy (non-hydrogen) atoms. The van der Waals surface area contributed by atoms with E-state index in [4.69, 9.17) is 4.42 Å². The molecular formula is C48H30N2O. The number of hydrogen-bond acceptors (Lipinski definition) is 1. The van der Waals surface area contributed by atoms with Gasteiger partial charge in [-0.15, -0.1) is 0 Å². The molecule has 0 aliphatic heterocycles. The van der Waals surface area contributed by atoms with Gasteiger partial charge in [-0.2, -0.15) is 0 Å². The van der Waals surface area contributed by atoms with Crippen LogP contribution in [0, 0.1) is 0 Å². The summed E-state index contributed by atoms with van der Waals surface area (Å²) < 4.78 is 11.0. The second-order valence-corrected chi connectivity index (χ2v) is 13.3. The minimum absolute atomic E-state index is 0.905. The van der Waals surface area contributed by atoms with Gasteiger partial charge in [0.25, 0.3) is 0 Å². The number of rotatable bonds is 4. The van der Waals surface area contributed by atoms with Gasteiger partial charge >= 0.3 is 0 Å². The first-order valence-corrected chi connectivity index (χ1v) is 17.4. The predicted molar refractivity (Wildman–Crippen MR) is 213 cm³/mol. The van der Waals surface area contributed by atoms with Crippen molar-refractivity contribution >= 4 is 65.6 Å². The number of fused-ring (bicyclic) bond motifs is 9. The molecule has 0 atom stereocenters. The monoisotopic (exact) mass is 650 g/mol. The Bertz CT molecular complexity index is 3140. The molecule has 0 bridgehead atoms. The highest BCUT2D eigenvalue weighted by Gasteiger charge is 2.18. The summed E-state index contributed by atoms with van der Waals surface area (Å²) in [4.78, 5) is 0. The van der Waals surface area contributed by atoms with Gasteiger partial charge in [-0.1, -0.05) is 121 Å². The molecular weight excluding hydrogens is 621 g/mol. The minimum Gasteiger partial charge on any atom is -0.456 e. The maximum atomic E-state index is 6.19. The Morgan fingerprint density at radius 1 is 0.314 bits per heavy atom. The molecule has 11 rings (SSSR count). The molecule has 0 spiro atoms. The van der Waals surface area contributed by atoms with E-state index < -0.39 is 0 Å². The Balaban J connectivity index is 1.14. The number of furan rings is 1.